The summed E-state index contributed by atoms with van der Waals surface area (Å²) >= 11 is 6.03. The van der Waals surface area contributed by atoms with Crippen LogP contribution in [0.25, 0.3) is 16.9 Å². The number of hydrogen-bond acceptors (Lipinski definition) is 7. The lowest BCUT2D eigenvalue weighted by Gasteiger charge is -2.24. The van der Waals surface area contributed by atoms with Crippen molar-refractivity contribution < 1.29 is 0 Å². The van der Waals surface area contributed by atoms with Gasteiger partial charge < -0.3 is 10.6 Å². The van der Waals surface area contributed by atoms with Gasteiger partial charge in [-0.15, -0.1) is 10.2 Å². The molecule has 0 unspecified atom stereocenters. The summed E-state index contributed by atoms with van der Waals surface area (Å²) < 4.78 is 3.82. The van der Waals surface area contributed by atoms with Crippen molar-refractivity contribution in [2.45, 2.75) is 12.3 Å². The Morgan fingerprint density at radius 3 is 2.79 bits per heavy atom. The molecule has 0 fully saturated rings. The lowest BCUT2D eigenvalue weighted by atomic mass is 9.97. The molecule has 2 N–H and O–H groups in total. The summed E-state index contributed by atoms with van der Waals surface area (Å²) in [4.78, 5) is 9.02. The quantitative estimate of drug-likeness (QED) is 0.410. The smallest absolute Gasteiger partial charge is 0.228 e. The van der Waals surface area contributed by atoms with Crippen LogP contribution in [0.2, 0.25) is 5.02 Å². The molecule has 1 aliphatic rings. The maximum absolute atomic E-state index is 6.03. The molecule has 1 aliphatic heterocycles. The van der Waals surface area contributed by atoms with E-state index in [1.165, 1.54) is 5.56 Å². The molecule has 9 nitrogen and oxygen atoms in total. The molecule has 5 aromatic rings. The van der Waals surface area contributed by atoms with Crippen LogP contribution in [0, 0.1) is 0 Å². The first-order valence-electron chi connectivity index (χ1n) is 10.6. The van der Waals surface area contributed by atoms with Gasteiger partial charge in [-0.1, -0.05) is 23.7 Å². The average Bonchev–Trinajstić information content (AvgIpc) is 3.44. The molecule has 0 radical (unpaired) electrons. The lowest BCUT2D eigenvalue weighted by molar-refractivity contribution is 0.635. The molecule has 4 aromatic heterocycles. The fraction of sp³-hybridized carbons (Fsp3) is 0.174. The Morgan fingerprint density at radius 1 is 1.09 bits per heavy atom. The average molecular weight is 458 g/mol. The molecule has 10 heteroatoms. The second kappa shape index (κ2) is 7.86. The Labute approximate surface area is 194 Å². The monoisotopic (exact) mass is 457 g/mol. The van der Waals surface area contributed by atoms with Crippen LogP contribution in [0.15, 0.2) is 60.9 Å². The van der Waals surface area contributed by atoms with E-state index in [1.54, 1.807) is 17.1 Å². The largest absolute Gasteiger partial charge is 0.370 e. The molecule has 0 amide bonds. The summed E-state index contributed by atoms with van der Waals surface area (Å²) in [5.41, 5.74) is 3.74. The van der Waals surface area contributed by atoms with E-state index in [9.17, 15) is 0 Å². The van der Waals surface area contributed by atoms with Gasteiger partial charge in [0, 0.05) is 42.4 Å². The third-order valence-electron chi connectivity index (χ3n) is 5.83. The lowest BCUT2D eigenvalue weighted by Crippen LogP contribution is -2.24. The van der Waals surface area contributed by atoms with Crippen molar-refractivity contribution in [3.63, 3.8) is 0 Å². The number of nitrogens with zero attached hydrogens (tertiary/aromatic N) is 7. The van der Waals surface area contributed by atoms with E-state index in [-0.39, 0.29) is 5.92 Å². The van der Waals surface area contributed by atoms with E-state index in [1.807, 2.05) is 37.4 Å². The Kier molecular flexibility index (Phi) is 4.69. The van der Waals surface area contributed by atoms with Gasteiger partial charge in [-0.2, -0.15) is 5.10 Å². The zero-order valence-electron chi connectivity index (χ0n) is 17.8. The highest BCUT2D eigenvalue weighted by Crippen LogP contribution is 2.32. The highest BCUT2D eigenvalue weighted by Gasteiger charge is 2.25. The van der Waals surface area contributed by atoms with Crippen LogP contribution in [0.1, 0.15) is 17.3 Å². The van der Waals surface area contributed by atoms with Gasteiger partial charge in [0.25, 0.3) is 0 Å². The fourth-order valence-corrected chi connectivity index (χ4v) is 4.29. The van der Waals surface area contributed by atoms with E-state index < -0.39 is 0 Å². The first kappa shape index (κ1) is 19.7. The molecule has 164 valence electrons. The van der Waals surface area contributed by atoms with Gasteiger partial charge in [0.05, 0.1) is 11.9 Å². The van der Waals surface area contributed by atoms with Crippen LogP contribution in [-0.4, -0.2) is 40.9 Å². The highest BCUT2D eigenvalue weighted by molar-refractivity contribution is 6.30. The van der Waals surface area contributed by atoms with Crippen LogP contribution in [-0.2, 0) is 13.5 Å². The van der Waals surface area contributed by atoms with Gasteiger partial charge >= 0.3 is 0 Å². The zero-order valence-corrected chi connectivity index (χ0v) is 18.5. The first-order valence-corrected chi connectivity index (χ1v) is 11.0. The molecule has 5 heterocycles. The maximum atomic E-state index is 6.03. The molecule has 0 bridgehead atoms. The molecule has 0 saturated heterocycles. The van der Waals surface area contributed by atoms with Crippen LogP contribution in [0.3, 0.4) is 0 Å². The number of aryl methyl sites for hydroxylation is 1. The number of hydrogen-bond donors (Lipinski definition) is 2. The standard InChI is InChI=1S/C23H20ClN9/c1-32-19(7-9-27-32)29-23-25-8-6-18(28-23)15-11-20-26-13-16(10-14-2-4-17(24)5-3-14)22-31-30-21(12-15)33(20)22/h2-9,11-12,16,26H,10,13H2,1H3,(H,25,28,29)/t16-/m0/s1. The Hall–Kier alpha value is -3.98. The third-order valence-corrected chi connectivity index (χ3v) is 6.09. The number of benzene rings is 1. The van der Waals surface area contributed by atoms with Crippen molar-refractivity contribution in [3.8, 4) is 11.3 Å². The van der Waals surface area contributed by atoms with E-state index >= 15 is 0 Å². The SMILES string of the molecule is Cn1nccc1Nc1nccc(-c2cc3n4c(nnc4c2)[C@@H](Cc2ccc(Cl)cc2)CN3)n1. The minimum absolute atomic E-state index is 0.216. The maximum Gasteiger partial charge on any atom is 0.228 e. The van der Waals surface area contributed by atoms with Crippen LogP contribution >= 0.6 is 11.6 Å². The molecule has 0 spiro atoms. The summed E-state index contributed by atoms with van der Waals surface area (Å²) in [5, 5.41) is 20.6. The minimum Gasteiger partial charge on any atom is -0.370 e. The zero-order chi connectivity index (χ0) is 22.4. The summed E-state index contributed by atoms with van der Waals surface area (Å²) in [6, 6.07) is 15.8. The van der Waals surface area contributed by atoms with Gasteiger partial charge in [0.1, 0.15) is 17.5 Å². The second-order valence-electron chi connectivity index (χ2n) is 8.02. The van der Waals surface area contributed by atoms with E-state index in [2.05, 4.69) is 58.5 Å². The van der Waals surface area contributed by atoms with Gasteiger partial charge in [-0.25, -0.2) is 9.97 Å². The molecule has 6 rings (SSSR count). The van der Waals surface area contributed by atoms with E-state index in [0.717, 1.165) is 52.4 Å². The molecular formula is C23H20ClN9. The summed E-state index contributed by atoms with van der Waals surface area (Å²) in [7, 11) is 1.86. The molecule has 0 aliphatic carbocycles. The Balaban J connectivity index is 1.32. The van der Waals surface area contributed by atoms with Crippen molar-refractivity contribution in [3.05, 3.63) is 77.3 Å². The van der Waals surface area contributed by atoms with Crippen molar-refractivity contribution in [2.24, 2.45) is 7.05 Å². The number of halogens is 1. The number of rotatable bonds is 5. The Bertz CT molecular complexity index is 1450. The van der Waals surface area contributed by atoms with E-state index in [0.29, 0.717) is 5.95 Å². The number of nitrogens with one attached hydrogen (secondary N) is 2. The second-order valence-corrected chi connectivity index (χ2v) is 8.46. The third kappa shape index (κ3) is 3.66. The molecule has 0 saturated carbocycles. The molecule has 1 aromatic carbocycles. The van der Waals surface area contributed by atoms with Crippen molar-refractivity contribution in [1.82, 2.24) is 34.3 Å². The topological polar surface area (TPSA) is 97.9 Å². The normalized spacial score (nSPS) is 14.9. The van der Waals surface area contributed by atoms with Crippen molar-refractivity contribution in [1.29, 1.82) is 0 Å². The number of pyridine rings is 1. The van der Waals surface area contributed by atoms with Crippen LogP contribution in [0.4, 0.5) is 17.6 Å². The van der Waals surface area contributed by atoms with E-state index in [4.69, 9.17) is 11.6 Å². The van der Waals surface area contributed by atoms with Gasteiger partial charge in [0.15, 0.2) is 5.65 Å². The first-order chi connectivity index (χ1) is 16.1. The van der Waals surface area contributed by atoms with Crippen molar-refractivity contribution >= 4 is 34.8 Å². The van der Waals surface area contributed by atoms with Crippen molar-refractivity contribution in [2.75, 3.05) is 17.2 Å². The van der Waals surface area contributed by atoms with Gasteiger partial charge in [-0.3, -0.25) is 9.08 Å². The molecule has 33 heavy (non-hydrogen) atoms. The minimum atomic E-state index is 0.216. The van der Waals surface area contributed by atoms with Gasteiger partial charge in [0.2, 0.25) is 5.95 Å². The predicted octanol–water partition coefficient (Wildman–Crippen LogP) is 4.07. The Morgan fingerprint density at radius 2 is 1.97 bits per heavy atom. The predicted molar refractivity (Wildman–Crippen MR) is 127 cm³/mol. The molecular weight excluding hydrogens is 438 g/mol. The molecule has 1 atom stereocenters. The van der Waals surface area contributed by atoms with Crippen LogP contribution < -0.4 is 10.6 Å². The summed E-state index contributed by atoms with van der Waals surface area (Å²) in [6.07, 6.45) is 4.32. The summed E-state index contributed by atoms with van der Waals surface area (Å²) in [6.45, 7) is 0.775. The number of anilines is 3. The van der Waals surface area contributed by atoms with Crippen LogP contribution in [0.5, 0.6) is 0 Å². The van der Waals surface area contributed by atoms with Gasteiger partial charge in [-0.05, 0) is 42.3 Å². The number of aromatic nitrogens is 7. The fourth-order valence-electron chi connectivity index (χ4n) is 4.16. The highest BCUT2D eigenvalue weighted by atomic mass is 35.5. The summed E-state index contributed by atoms with van der Waals surface area (Å²) in [5.74, 6) is 3.44.